The Morgan fingerprint density at radius 1 is 1.06 bits per heavy atom. The highest BCUT2D eigenvalue weighted by molar-refractivity contribution is 5.60. The molecule has 1 aliphatic rings. The van der Waals surface area contributed by atoms with Crippen molar-refractivity contribution in [3.63, 3.8) is 0 Å². The first-order chi connectivity index (χ1) is 16.3. The Labute approximate surface area is 198 Å². The predicted molar refractivity (Wildman–Crippen MR) is 128 cm³/mol. The van der Waals surface area contributed by atoms with Gasteiger partial charge in [0.15, 0.2) is 0 Å². The van der Waals surface area contributed by atoms with Gasteiger partial charge in [-0.25, -0.2) is 9.67 Å². The fourth-order valence-corrected chi connectivity index (χ4v) is 4.41. The molecule has 4 aromatic rings. The van der Waals surface area contributed by atoms with Crippen LogP contribution in [0.4, 0.5) is 0 Å². The van der Waals surface area contributed by atoms with Crippen LogP contribution >= 0.6 is 0 Å². The van der Waals surface area contributed by atoms with E-state index in [4.69, 9.17) is 15.6 Å². The van der Waals surface area contributed by atoms with Crippen LogP contribution in [-0.2, 0) is 12.5 Å². The average Bonchev–Trinajstić information content (AvgIpc) is 3.44. The topological polar surface area (TPSA) is 108 Å². The Balaban J connectivity index is 1.61. The standard InChI is InChI=1S/C26H25N7O/c1-26(2,3)22-21-20(19(15-27)23(28)34-25(21)32(4)31-22)16-5-7-18(8-6-16)33-14-13-30-24(33)17-9-11-29-12-10-17/h5-14,20H,28H2,1-4H3. The minimum Gasteiger partial charge on any atom is -0.422 e. The van der Waals surface area contributed by atoms with Gasteiger partial charge in [-0.05, 0) is 29.8 Å². The predicted octanol–water partition coefficient (Wildman–Crippen LogP) is 4.18. The highest BCUT2D eigenvalue weighted by atomic mass is 16.5. The van der Waals surface area contributed by atoms with Crippen LogP contribution < -0.4 is 10.5 Å². The number of benzene rings is 1. The van der Waals surface area contributed by atoms with Crippen LogP contribution in [-0.4, -0.2) is 24.3 Å². The summed E-state index contributed by atoms with van der Waals surface area (Å²) in [4.78, 5) is 8.61. The van der Waals surface area contributed by atoms with Gasteiger partial charge < -0.3 is 10.5 Å². The van der Waals surface area contributed by atoms with E-state index in [9.17, 15) is 5.26 Å². The quantitative estimate of drug-likeness (QED) is 0.501. The van der Waals surface area contributed by atoms with E-state index in [1.807, 2.05) is 54.2 Å². The number of nitrogens with zero attached hydrogens (tertiary/aromatic N) is 6. The lowest BCUT2D eigenvalue weighted by Gasteiger charge is -2.27. The van der Waals surface area contributed by atoms with Gasteiger partial charge in [0.25, 0.3) is 0 Å². The highest BCUT2D eigenvalue weighted by Crippen LogP contribution is 2.46. The number of nitriles is 1. The van der Waals surface area contributed by atoms with Gasteiger partial charge >= 0.3 is 0 Å². The summed E-state index contributed by atoms with van der Waals surface area (Å²) in [6.45, 7) is 6.30. The fraction of sp³-hybridized carbons (Fsp3) is 0.231. The van der Waals surface area contributed by atoms with Crippen LogP contribution in [0.5, 0.6) is 5.88 Å². The molecule has 1 aromatic carbocycles. The maximum Gasteiger partial charge on any atom is 0.224 e. The lowest BCUT2D eigenvalue weighted by atomic mass is 9.79. The van der Waals surface area contributed by atoms with Crippen molar-refractivity contribution < 1.29 is 4.74 Å². The summed E-state index contributed by atoms with van der Waals surface area (Å²) in [7, 11) is 1.83. The molecule has 1 atom stereocenters. The molecule has 0 radical (unpaired) electrons. The molecule has 0 saturated heterocycles. The Bertz CT molecular complexity index is 1430. The molecule has 8 heteroatoms. The third-order valence-corrected chi connectivity index (χ3v) is 5.99. The van der Waals surface area contributed by atoms with Gasteiger partial charge in [0.05, 0.1) is 17.2 Å². The molecular weight excluding hydrogens is 426 g/mol. The van der Waals surface area contributed by atoms with Gasteiger partial charge in [0, 0.05) is 48.5 Å². The summed E-state index contributed by atoms with van der Waals surface area (Å²) in [6.07, 6.45) is 7.20. The first kappa shape index (κ1) is 21.5. The van der Waals surface area contributed by atoms with Crippen molar-refractivity contribution in [1.82, 2.24) is 24.3 Å². The first-order valence-corrected chi connectivity index (χ1v) is 11.0. The van der Waals surface area contributed by atoms with Crippen molar-refractivity contribution in [2.24, 2.45) is 12.8 Å². The van der Waals surface area contributed by atoms with E-state index in [1.54, 1.807) is 23.3 Å². The van der Waals surface area contributed by atoms with Crippen molar-refractivity contribution in [3.05, 3.63) is 89.5 Å². The fourth-order valence-electron chi connectivity index (χ4n) is 4.41. The van der Waals surface area contributed by atoms with E-state index in [1.165, 1.54) is 0 Å². The van der Waals surface area contributed by atoms with E-state index < -0.39 is 0 Å². The van der Waals surface area contributed by atoms with E-state index >= 15 is 0 Å². The summed E-state index contributed by atoms with van der Waals surface area (Å²) < 4.78 is 9.58. The number of hydrogen-bond acceptors (Lipinski definition) is 6. The number of aryl methyl sites for hydroxylation is 1. The van der Waals surface area contributed by atoms with Crippen molar-refractivity contribution in [1.29, 1.82) is 5.26 Å². The Morgan fingerprint density at radius 2 is 1.76 bits per heavy atom. The molecule has 0 bridgehead atoms. The lowest BCUT2D eigenvalue weighted by Crippen LogP contribution is -2.24. The lowest BCUT2D eigenvalue weighted by molar-refractivity contribution is 0.358. The number of imidazole rings is 1. The molecule has 0 amide bonds. The number of allylic oxidation sites excluding steroid dienone is 1. The van der Waals surface area contributed by atoms with Gasteiger partial charge in [0.1, 0.15) is 17.5 Å². The maximum absolute atomic E-state index is 9.97. The molecule has 0 fully saturated rings. The largest absolute Gasteiger partial charge is 0.422 e. The maximum atomic E-state index is 9.97. The van der Waals surface area contributed by atoms with Crippen LogP contribution in [0.3, 0.4) is 0 Å². The summed E-state index contributed by atoms with van der Waals surface area (Å²) >= 11 is 0. The summed E-state index contributed by atoms with van der Waals surface area (Å²) in [5.74, 6) is 1.15. The number of rotatable bonds is 3. The van der Waals surface area contributed by atoms with E-state index in [0.29, 0.717) is 11.5 Å². The number of fused-ring (bicyclic) bond motifs is 1. The van der Waals surface area contributed by atoms with Crippen LogP contribution in [0.15, 0.2) is 72.6 Å². The van der Waals surface area contributed by atoms with Gasteiger partial charge in [-0.15, -0.1) is 0 Å². The van der Waals surface area contributed by atoms with E-state index in [-0.39, 0.29) is 17.2 Å². The Morgan fingerprint density at radius 3 is 2.41 bits per heavy atom. The molecular formula is C26H25N7O. The van der Waals surface area contributed by atoms with Crippen LogP contribution in [0.25, 0.3) is 17.1 Å². The molecule has 0 saturated carbocycles. The summed E-state index contributed by atoms with van der Waals surface area (Å²) in [6, 6.07) is 14.2. The van der Waals surface area contributed by atoms with Gasteiger partial charge in [-0.3, -0.25) is 9.55 Å². The van der Waals surface area contributed by atoms with Crippen molar-refractivity contribution >= 4 is 0 Å². The molecule has 1 aliphatic heterocycles. The third kappa shape index (κ3) is 3.42. The monoisotopic (exact) mass is 451 g/mol. The minimum absolute atomic E-state index is 0.113. The second-order valence-corrected chi connectivity index (χ2v) is 9.31. The molecule has 4 heterocycles. The number of aromatic nitrogens is 5. The van der Waals surface area contributed by atoms with E-state index in [0.717, 1.165) is 33.9 Å². The molecule has 0 aliphatic carbocycles. The smallest absolute Gasteiger partial charge is 0.224 e. The number of nitrogens with two attached hydrogens (primary N) is 1. The second-order valence-electron chi connectivity index (χ2n) is 9.31. The normalized spacial score (nSPS) is 15.6. The third-order valence-electron chi connectivity index (χ3n) is 5.99. The number of ether oxygens (including phenoxy) is 1. The molecule has 3 aromatic heterocycles. The molecule has 34 heavy (non-hydrogen) atoms. The van der Waals surface area contributed by atoms with Gasteiger partial charge in [-0.1, -0.05) is 32.9 Å². The van der Waals surface area contributed by atoms with E-state index in [2.05, 4.69) is 36.8 Å². The number of hydrogen-bond donors (Lipinski definition) is 1. The zero-order valence-electron chi connectivity index (χ0n) is 19.5. The summed E-state index contributed by atoms with van der Waals surface area (Å²) in [5, 5.41) is 14.7. The average molecular weight is 452 g/mol. The first-order valence-electron chi connectivity index (χ1n) is 11.0. The Kier molecular flexibility index (Phi) is 4.98. The molecule has 2 N–H and O–H groups in total. The SMILES string of the molecule is Cn1nc(C(C)(C)C)c2c1OC(N)=C(C#N)C2c1ccc(-n2ccnc2-c2ccncc2)cc1. The minimum atomic E-state index is -0.367. The van der Waals surface area contributed by atoms with Gasteiger partial charge in [-0.2, -0.15) is 10.4 Å². The van der Waals surface area contributed by atoms with Crippen LogP contribution in [0.2, 0.25) is 0 Å². The zero-order chi connectivity index (χ0) is 24.0. The van der Waals surface area contributed by atoms with Crippen LogP contribution in [0, 0.1) is 11.3 Å². The molecule has 170 valence electrons. The molecule has 1 unspecified atom stereocenters. The second kappa shape index (κ2) is 7.89. The van der Waals surface area contributed by atoms with Crippen molar-refractivity contribution in [2.45, 2.75) is 32.1 Å². The summed E-state index contributed by atoms with van der Waals surface area (Å²) in [5.41, 5.74) is 11.0. The van der Waals surface area contributed by atoms with Crippen LogP contribution in [0.1, 0.15) is 43.5 Å². The van der Waals surface area contributed by atoms with Gasteiger partial charge in [0.2, 0.25) is 11.8 Å². The Hall–Kier alpha value is -4.38. The zero-order valence-corrected chi connectivity index (χ0v) is 19.5. The van der Waals surface area contributed by atoms with Crippen molar-refractivity contribution in [3.8, 4) is 29.0 Å². The van der Waals surface area contributed by atoms with Crippen molar-refractivity contribution in [2.75, 3.05) is 0 Å². The molecule has 0 spiro atoms. The molecule has 8 nitrogen and oxygen atoms in total. The number of pyridine rings is 1. The molecule has 5 rings (SSSR count). The highest BCUT2D eigenvalue weighted by Gasteiger charge is 2.39.